The van der Waals surface area contributed by atoms with E-state index < -0.39 is 34.3 Å². The molecule has 8 nitrogen and oxygen atoms in total. The van der Waals surface area contributed by atoms with E-state index in [2.05, 4.69) is 5.32 Å². The predicted octanol–water partition coefficient (Wildman–Crippen LogP) is 3.32. The molecule has 192 valence electrons. The summed E-state index contributed by atoms with van der Waals surface area (Å²) >= 11 is 0. The molecule has 0 unspecified atom stereocenters. The number of ether oxygens (including phenoxy) is 1. The summed E-state index contributed by atoms with van der Waals surface area (Å²) in [5, 5.41) is 2.85. The first-order valence-electron chi connectivity index (χ1n) is 11.5. The summed E-state index contributed by atoms with van der Waals surface area (Å²) in [6, 6.07) is 11.6. The molecule has 2 rings (SSSR count). The molecule has 10 heteroatoms. The number of carbonyl (C=O) groups is 2. The van der Waals surface area contributed by atoms with Crippen LogP contribution in [-0.2, 0) is 26.2 Å². The van der Waals surface area contributed by atoms with Crippen LogP contribution in [0.15, 0.2) is 48.5 Å². The standard InChI is InChI=1S/C25H34FN3O5S/c1-5-7-15-27-25(31)22(6-2)28(17-19-11-10-12-20(16-19)34-3)24(30)18-29(35(4,32)33)23-14-9-8-13-21(23)26/h8-14,16,22H,5-7,15,17-18H2,1-4H3,(H,27,31)/t22-/m0/s1. The number of nitrogens with one attached hydrogen (secondary N) is 1. The lowest BCUT2D eigenvalue weighted by Crippen LogP contribution is -2.52. The van der Waals surface area contributed by atoms with Crippen LogP contribution in [0.4, 0.5) is 10.1 Å². The van der Waals surface area contributed by atoms with Gasteiger partial charge in [-0.05, 0) is 42.7 Å². The zero-order chi connectivity index (χ0) is 26.0. The van der Waals surface area contributed by atoms with Crippen molar-refractivity contribution in [3.8, 4) is 5.75 Å². The van der Waals surface area contributed by atoms with Gasteiger partial charge in [-0.1, -0.05) is 44.5 Å². The number of para-hydroxylation sites is 1. The molecular formula is C25H34FN3O5S. The van der Waals surface area contributed by atoms with Crippen molar-refractivity contribution in [2.24, 2.45) is 0 Å². The van der Waals surface area contributed by atoms with Gasteiger partial charge in [0, 0.05) is 13.1 Å². The maximum Gasteiger partial charge on any atom is 0.244 e. The molecule has 0 bridgehead atoms. The van der Waals surface area contributed by atoms with Gasteiger partial charge < -0.3 is 15.0 Å². The van der Waals surface area contributed by atoms with Gasteiger partial charge in [0.1, 0.15) is 24.2 Å². The van der Waals surface area contributed by atoms with E-state index in [0.29, 0.717) is 24.3 Å². The quantitative estimate of drug-likeness (QED) is 0.420. The molecular weight excluding hydrogens is 473 g/mol. The lowest BCUT2D eigenvalue weighted by atomic mass is 10.1. The van der Waals surface area contributed by atoms with Crippen LogP contribution < -0.4 is 14.4 Å². The van der Waals surface area contributed by atoms with Crippen LogP contribution in [0.3, 0.4) is 0 Å². The van der Waals surface area contributed by atoms with Crippen molar-refractivity contribution >= 4 is 27.5 Å². The molecule has 2 amide bonds. The highest BCUT2D eigenvalue weighted by Crippen LogP contribution is 2.23. The van der Waals surface area contributed by atoms with Gasteiger partial charge in [0.15, 0.2) is 0 Å². The van der Waals surface area contributed by atoms with Crippen molar-refractivity contribution in [1.29, 1.82) is 0 Å². The van der Waals surface area contributed by atoms with Gasteiger partial charge in [-0.2, -0.15) is 0 Å². The molecule has 0 fully saturated rings. The van der Waals surface area contributed by atoms with Crippen LogP contribution in [0.1, 0.15) is 38.7 Å². The van der Waals surface area contributed by atoms with Gasteiger partial charge in [0.05, 0.1) is 19.1 Å². The number of rotatable bonds is 13. The summed E-state index contributed by atoms with van der Waals surface area (Å²) < 4.78 is 45.5. The molecule has 0 heterocycles. The van der Waals surface area contributed by atoms with Crippen molar-refractivity contribution in [3.05, 3.63) is 59.9 Å². The van der Waals surface area contributed by atoms with Crippen LogP contribution in [0.5, 0.6) is 5.75 Å². The highest BCUT2D eigenvalue weighted by molar-refractivity contribution is 7.92. The largest absolute Gasteiger partial charge is 0.497 e. The Hall–Kier alpha value is -3.14. The van der Waals surface area contributed by atoms with Crippen molar-refractivity contribution in [3.63, 3.8) is 0 Å². The molecule has 0 aliphatic rings. The molecule has 0 spiro atoms. The number of hydrogen-bond donors (Lipinski definition) is 1. The lowest BCUT2D eigenvalue weighted by molar-refractivity contribution is -0.140. The van der Waals surface area contributed by atoms with E-state index >= 15 is 0 Å². The number of halogens is 1. The van der Waals surface area contributed by atoms with Crippen molar-refractivity contribution in [2.75, 3.05) is 30.8 Å². The first-order chi connectivity index (χ1) is 16.6. The Balaban J connectivity index is 2.43. The Morgan fingerprint density at radius 3 is 2.43 bits per heavy atom. The molecule has 0 aromatic heterocycles. The van der Waals surface area contributed by atoms with Crippen LogP contribution in [0.2, 0.25) is 0 Å². The number of amides is 2. The van der Waals surface area contributed by atoms with Gasteiger partial charge in [-0.25, -0.2) is 12.8 Å². The second kappa shape index (κ2) is 13.1. The normalized spacial score (nSPS) is 12.0. The molecule has 35 heavy (non-hydrogen) atoms. The number of benzene rings is 2. The van der Waals surface area contributed by atoms with E-state index in [9.17, 15) is 22.4 Å². The van der Waals surface area contributed by atoms with Crippen molar-refractivity contribution < 1.29 is 27.1 Å². The highest BCUT2D eigenvalue weighted by atomic mass is 32.2. The number of carbonyl (C=O) groups excluding carboxylic acids is 2. The molecule has 1 N–H and O–H groups in total. The minimum Gasteiger partial charge on any atom is -0.497 e. The third kappa shape index (κ3) is 7.95. The molecule has 0 saturated heterocycles. The minimum absolute atomic E-state index is 0.0462. The van der Waals surface area contributed by atoms with Crippen LogP contribution in [0.25, 0.3) is 0 Å². The van der Waals surface area contributed by atoms with E-state index in [4.69, 9.17) is 4.74 Å². The summed E-state index contributed by atoms with van der Waals surface area (Å²) in [5.41, 5.74) is 0.472. The number of nitrogens with zero attached hydrogens (tertiary/aromatic N) is 2. The Labute approximate surface area is 207 Å². The highest BCUT2D eigenvalue weighted by Gasteiger charge is 2.32. The van der Waals surface area contributed by atoms with E-state index in [0.717, 1.165) is 29.5 Å². The maximum absolute atomic E-state index is 14.5. The van der Waals surface area contributed by atoms with Crippen molar-refractivity contribution in [2.45, 2.75) is 45.7 Å². The third-order valence-corrected chi connectivity index (χ3v) is 6.63. The van der Waals surface area contributed by atoms with Crippen molar-refractivity contribution in [1.82, 2.24) is 10.2 Å². The summed E-state index contributed by atoms with van der Waals surface area (Å²) in [7, 11) is -2.47. The maximum atomic E-state index is 14.5. The zero-order valence-electron chi connectivity index (χ0n) is 20.7. The molecule has 0 radical (unpaired) electrons. The topological polar surface area (TPSA) is 96.0 Å². The molecule has 2 aromatic carbocycles. The summed E-state index contributed by atoms with van der Waals surface area (Å²) in [6.07, 6.45) is 2.91. The fourth-order valence-corrected chi connectivity index (χ4v) is 4.49. The molecule has 2 aromatic rings. The van der Waals surface area contributed by atoms with Gasteiger partial charge in [-0.3, -0.25) is 13.9 Å². The first kappa shape index (κ1) is 28.1. The number of anilines is 1. The Morgan fingerprint density at radius 1 is 1.11 bits per heavy atom. The average molecular weight is 508 g/mol. The summed E-state index contributed by atoms with van der Waals surface area (Å²) in [5.74, 6) is -1.14. The minimum atomic E-state index is -4.00. The average Bonchev–Trinajstić information content (AvgIpc) is 2.82. The second-order valence-corrected chi connectivity index (χ2v) is 10.1. The van der Waals surface area contributed by atoms with Crippen LogP contribution in [0, 0.1) is 5.82 Å². The molecule has 0 aliphatic carbocycles. The first-order valence-corrected chi connectivity index (χ1v) is 13.4. The molecule has 1 atom stereocenters. The van der Waals surface area contributed by atoms with Gasteiger partial charge >= 0.3 is 0 Å². The Bertz CT molecular complexity index is 1110. The zero-order valence-corrected chi connectivity index (χ0v) is 21.5. The Kier molecular flexibility index (Phi) is 10.5. The predicted molar refractivity (Wildman–Crippen MR) is 134 cm³/mol. The fraction of sp³-hybridized carbons (Fsp3) is 0.440. The summed E-state index contributed by atoms with van der Waals surface area (Å²) in [6.45, 7) is 3.65. The van der Waals surface area contributed by atoms with Gasteiger partial charge in [-0.15, -0.1) is 0 Å². The summed E-state index contributed by atoms with van der Waals surface area (Å²) in [4.78, 5) is 27.9. The third-order valence-electron chi connectivity index (χ3n) is 5.50. The fourth-order valence-electron chi connectivity index (χ4n) is 3.64. The van der Waals surface area contributed by atoms with E-state index in [1.807, 2.05) is 6.92 Å². The monoisotopic (exact) mass is 507 g/mol. The second-order valence-electron chi connectivity index (χ2n) is 8.16. The number of hydrogen-bond acceptors (Lipinski definition) is 5. The smallest absolute Gasteiger partial charge is 0.244 e. The molecule has 0 aliphatic heterocycles. The SMILES string of the molecule is CCCCNC(=O)[C@H](CC)N(Cc1cccc(OC)c1)C(=O)CN(c1ccccc1F)S(C)(=O)=O. The van der Waals surface area contributed by atoms with Crippen LogP contribution in [-0.4, -0.2) is 57.6 Å². The Morgan fingerprint density at radius 2 is 1.83 bits per heavy atom. The molecule has 0 saturated carbocycles. The number of methoxy groups -OCH3 is 1. The van der Waals surface area contributed by atoms with E-state index in [1.54, 1.807) is 31.2 Å². The van der Waals surface area contributed by atoms with E-state index in [1.165, 1.54) is 30.2 Å². The van der Waals surface area contributed by atoms with Crippen LogP contribution >= 0.6 is 0 Å². The van der Waals surface area contributed by atoms with Gasteiger partial charge in [0.25, 0.3) is 0 Å². The number of unbranched alkanes of at least 4 members (excludes halogenated alkanes) is 1. The van der Waals surface area contributed by atoms with E-state index in [-0.39, 0.29) is 18.1 Å². The van der Waals surface area contributed by atoms with Gasteiger partial charge in [0.2, 0.25) is 21.8 Å². The number of sulfonamides is 1. The lowest BCUT2D eigenvalue weighted by Gasteiger charge is -2.33.